The molecule has 1 N–H and O–H groups in total. The Morgan fingerprint density at radius 2 is 2.11 bits per heavy atom. The van der Waals surface area contributed by atoms with E-state index in [1.807, 2.05) is 0 Å². The van der Waals surface area contributed by atoms with Gasteiger partial charge in [-0.15, -0.1) is 0 Å². The Kier molecular flexibility index (Phi) is 7.22. The average Bonchev–Trinajstić information content (AvgIpc) is 3.06. The van der Waals surface area contributed by atoms with Gasteiger partial charge in [-0.3, -0.25) is 5.32 Å². The number of carbonyl (C=O) groups is 2. The zero-order valence-electron chi connectivity index (χ0n) is 14.2. The second-order valence-corrected chi connectivity index (χ2v) is 5.48. The van der Waals surface area contributed by atoms with Gasteiger partial charge in [0, 0.05) is 13.1 Å². The number of alkyl carbamates (subject to hydrolysis) is 1. The molecule has 0 spiro atoms. The highest BCUT2D eigenvalue weighted by molar-refractivity contribution is 6.29. The van der Waals surface area contributed by atoms with Crippen LogP contribution in [-0.2, 0) is 16.0 Å². The molecule has 1 aromatic carbocycles. The molecular weight excluding hydrogens is 376 g/mol. The topological polar surface area (TPSA) is 98.3 Å². The highest BCUT2D eigenvalue weighted by Gasteiger charge is 2.14. The van der Waals surface area contributed by atoms with E-state index < -0.39 is 18.9 Å². The van der Waals surface area contributed by atoms with Gasteiger partial charge in [0.05, 0.1) is 18.7 Å². The predicted molar refractivity (Wildman–Crippen MR) is 94.0 cm³/mol. The molecule has 0 aliphatic carbocycles. The number of nitrogens with one attached hydrogen (secondary N) is 1. The summed E-state index contributed by atoms with van der Waals surface area (Å²) in [6.07, 6.45) is 0.197. The molecule has 27 heavy (non-hydrogen) atoms. The van der Waals surface area contributed by atoms with Crippen LogP contribution < -0.4 is 5.32 Å². The standard InChI is InChI=1S/C17H15ClN4O5/c1-19-9-15(22(2)10-13-8-14(18)21-27-13)20-17(24)26-11-25-16(23)12-6-4-3-5-7-12/h3-9H,10-11H2,2H3,(H,20,24)/b15-9-. The van der Waals surface area contributed by atoms with E-state index >= 15 is 0 Å². The first-order chi connectivity index (χ1) is 13.0. The lowest BCUT2D eigenvalue weighted by Crippen LogP contribution is -2.33. The molecule has 2 rings (SSSR count). The number of amides is 1. The minimum Gasteiger partial charge on any atom is -0.424 e. The summed E-state index contributed by atoms with van der Waals surface area (Å²) < 4.78 is 14.6. The van der Waals surface area contributed by atoms with E-state index in [4.69, 9.17) is 32.2 Å². The fraction of sp³-hybridized carbons (Fsp3) is 0.176. The van der Waals surface area contributed by atoms with Gasteiger partial charge < -0.3 is 18.9 Å². The first kappa shape index (κ1) is 19.8. The maximum Gasteiger partial charge on any atom is 0.414 e. The quantitative estimate of drug-likeness (QED) is 0.440. The number of esters is 1. The van der Waals surface area contributed by atoms with Gasteiger partial charge in [-0.25, -0.2) is 14.4 Å². The molecule has 0 atom stereocenters. The van der Waals surface area contributed by atoms with Crippen LogP contribution in [0.3, 0.4) is 0 Å². The second-order valence-electron chi connectivity index (χ2n) is 5.09. The summed E-state index contributed by atoms with van der Waals surface area (Å²) >= 11 is 5.68. The van der Waals surface area contributed by atoms with Crippen molar-refractivity contribution in [2.45, 2.75) is 6.54 Å². The molecule has 0 fully saturated rings. The van der Waals surface area contributed by atoms with E-state index in [0.717, 1.165) is 6.20 Å². The summed E-state index contributed by atoms with van der Waals surface area (Å²) in [5.74, 6) is -0.0399. The van der Waals surface area contributed by atoms with Gasteiger partial charge in [0.15, 0.2) is 17.1 Å². The van der Waals surface area contributed by atoms with Crippen LogP contribution >= 0.6 is 11.6 Å². The molecule has 0 unspecified atom stereocenters. The molecular formula is C17H15ClN4O5. The number of carbonyl (C=O) groups excluding carboxylic acids is 2. The SMILES string of the molecule is [C-]#[N+]/C=C(/NC(=O)OCOC(=O)c1ccccc1)N(C)Cc1cc(Cl)no1. The molecule has 2 aromatic rings. The van der Waals surface area contributed by atoms with Gasteiger partial charge in [-0.1, -0.05) is 35.0 Å². The van der Waals surface area contributed by atoms with Crippen molar-refractivity contribution in [2.75, 3.05) is 13.8 Å². The van der Waals surface area contributed by atoms with E-state index in [0.29, 0.717) is 11.3 Å². The van der Waals surface area contributed by atoms with Crippen LogP contribution in [0.5, 0.6) is 0 Å². The maximum atomic E-state index is 11.9. The summed E-state index contributed by atoms with van der Waals surface area (Å²) in [5, 5.41) is 6.12. The van der Waals surface area contributed by atoms with E-state index in [9.17, 15) is 9.59 Å². The van der Waals surface area contributed by atoms with E-state index in [-0.39, 0.29) is 17.5 Å². The largest absolute Gasteiger partial charge is 0.424 e. The number of hydrogen-bond donors (Lipinski definition) is 1. The highest BCUT2D eigenvalue weighted by atomic mass is 35.5. The Balaban J connectivity index is 1.83. The first-order valence-corrected chi connectivity index (χ1v) is 7.92. The summed E-state index contributed by atoms with van der Waals surface area (Å²) in [6, 6.07) is 9.78. The fourth-order valence-corrected chi connectivity index (χ4v) is 2.06. The number of benzene rings is 1. The smallest absolute Gasteiger partial charge is 0.414 e. The van der Waals surface area contributed by atoms with Crippen LogP contribution in [0.4, 0.5) is 4.79 Å². The van der Waals surface area contributed by atoms with Gasteiger partial charge in [0.2, 0.25) is 6.79 Å². The van der Waals surface area contributed by atoms with Crippen LogP contribution in [-0.4, -0.2) is 36.0 Å². The highest BCUT2D eigenvalue weighted by Crippen LogP contribution is 2.12. The van der Waals surface area contributed by atoms with Gasteiger partial charge in [0.1, 0.15) is 5.82 Å². The number of aromatic nitrogens is 1. The number of halogens is 1. The summed E-state index contributed by atoms with van der Waals surface area (Å²) in [5.41, 5.74) is 0.334. The summed E-state index contributed by atoms with van der Waals surface area (Å²) in [6.45, 7) is 6.57. The van der Waals surface area contributed by atoms with Crippen molar-refractivity contribution in [3.8, 4) is 0 Å². The second kappa shape index (κ2) is 9.84. The number of hydrogen-bond acceptors (Lipinski definition) is 7. The van der Waals surface area contributed by atoms with Crippen molar-refractivity contribution < 1.29 is 23.6 Å². The Labute approximate surface area is 159 Å². The summed E-state index contributed by atoms with van der Waals surface area (Å²) in [4.78, 5) is 28.2. The minimum absolute atomic E-state index is 0.150. The van der Waals surface area contributed by atoms with Crippen LogP contribution in [0.1, 0.15) is 16.1 Å². The van der Waals surface area contributed by atoms with Crippen molar-refractivity contribution in [1.82, 2.24) is 15.4 Å². The molecule has 0 saturated heterocycles. The van der Waals surface area contributed by atoms with Crippen LogP contribution in [0.2, 0.25) is 5.15 Å². The predicted octanol–water partition coefficient (Wildman–Crippen LogP) is 3.02. The average molecular weight is 391 g/mol. The van der Waals surface area contributed by atoms with E-state index in [2.05, 4.69) is 15.3 Å². The number of rotatable bonds is 7. The van der Waals surface area contributed by atoms with Crippen molar-refractivity contribution in [2.24, 2.45) is 0 Å². The molecule has 9 nitrogen and oxygen atoms in total. The lowest BCUT2D eigenvalue weighted by molar-refractivity contribution is -0.00215. The molecule has 1 amide bonds. The molecule has 0 radical (unpaired) electrons. The van der Waals surface area contributed by atoms with Gasteiger partial charge in [0.25, 0.3) is 0 Å². The molecule has 0 bridgehead atoms. The molecule has 140 valence electrons. The number of ether oxygens (including phenoxy) is 2. The van der Waals surface area contributed by atoms with Crippen molar-refractivity contribution in [3.05, 3.63) is 76.3 Å². The van der Waals surface area contributed by atoms with Crippen molar-refractivity contribution in [3.63, 3.8) is 0 Å². The Morgan fingerprint density at radius 3 is 2.74 bits per heavy atom. The lowest BCUT2D eigenvalue weighted by Gasteiger charge is -2.21. The first-order valence-electron chi connectivity index (χ1n) is 7.54. The minimum atomic E-state index is -0.895. The van der Waals surface area contributed by atoms with E-state index in [1.54, 1.807) is 37.4 Å². The van der Waals surface area contributed by atoms with Gasteiger partial charge in [-0.2, -0.15) is 0 Å². The molecule has 1 aromatic heterocycles. The Morgan fingerprint density at radius 1 is 1.37 bits per heavy atom. The van der Waals surface area contributed by atoms with Gasteiger partial charge >= 0.3 is 12.1 Å². The number of nitrogens with zero attached hydrogens (tertiary/aromatic N) is 3. The van der Waals surface area contributed by atoms with Crippen LogP contribution in [0.15, 0.2) is 52.9 Å². The van der Waals surface area contributed by atoms with Crippen molar-refractivity contribution >= 4 is 23.7 Å². The van der Waals surface area contributed by atoms with Gasteiger partial charge in [-0.05, 0) is 12.1 Å². The molecule has 0 aliphatic heterocycles. The molecule has 1 heterocycles. The molecule has 0 saturated carbocycles. The van der Waals surface area contributed by atoms with E-state index in [1.165, 1.54) is 11.0 Å². The zero-order valence-corrected chi connectivity index (χ0v) is 15.0. The third kappa shape index (κ3) is 6.37. The third-order valence-electron chi connectivity index (χ3n) is 3.14. The zero-order chi connectivity index (χ0) is 19.6. The molecule has 0 aliphatic rings. The monoisotopic (exact) mass is 390 g/mol. The van der Waals surface area contributed by atoms with Crippen LogP contribution in [0.25, 0.3) is 4.85 Å². The van der Waals surface area contributed by atoms with Crippen molar-refractivity contribution in [1.29, 1.82) is 0 Å². The summed E-state index contributed by atoms with van der Waals surface area (Å²) in [7, 11) is 1.61. The lowest BCUT2D eigenvalue weighted by atomic mass is 10.2. The third-order valence-corrected chi connectivity index (χ3v) is 3.32. The normalized spacial score (nSPS) is 10.6. The fourth-order valence-electron chi connectivity index (χ4n) is 1.90. The Hall–Kier alpha value is -3.51. The molecule has 10 heteroatoms. The maximum absolute atomic E-state index is 11.9. The Bertz CT molecular complexity index is 860. The van der Waals surface area contributed by atoms with Crippen LogP contribution in [0, 0.1) is 6.57 Å².